The van der Waals surface area contributed by atoms with Gasteiger partial charge in [0.25, 0.3) is 0 Å². The van der Waals surface area contributed by atoms with Crippen LogP contribution in [0.5, 0.6) is 5.75 Å². The molecular formula is C15H20N2O3. The molecule has 0 saturated carbocycles. The molecule has 1 aliphatic rings. The van der Waals surface area contributed by atoms with Crippen molar-refractivity contribution in [2.75, 3.05) is 18.5 Å². The molecule has 108 valence electrons. The van der Waals surface area contributed by atoms with E-state index in [0.29, 0.717) is 19.6 Å². The Morgan fingerprint density at radius 2 is 2.20 bits per heavy atom. The summed E-state index contributed by atoms with van der Waals surface area (Å²) in [4.78, 5) is 22.6. The highest BCUT2D eigenvalue weighted by Crippen LogP contribution is 2.26. The van der Waals surface area contributed by atoms with Crippen LogP contribution in [0.1, 0.15) is 25.8 Å². The van der Waals surface area contributed by atoms with Gasteiger partial charge in [-0.2, -0.15) is 0 Å². The number of ether oxygens (including phenoxy) is 1. The van der Waals surface area contributed by atoms with E-state index in [9.17, 15) is 9.59 Å². The number of hydrogen-bond acceptors (Lipinski definition) is 3. The monoisotopic (exact) mass is 276 g/mol. The van der Waals surface area contributed by atoms with Crippen LogP contribution >= 0.6 is 0 Å². The highest BCUT2D eigenvalue weighted by Gasteiger charge is 2.15. The number of carbonyl (C=O) groups excluding carboxylic acids is 2. The maximum Gasteiger partial charge on any atom is 0.224 e. The Hall–Kier alpha value is -2.04. The maximum absolute atomic E-state index is 11.4. The minimum atomic E-state index is -0.0117. The van der Waals surface area contributed by atoms with E-state index in [2.05, 4.69) is 10.6 Å². The fourth-order valence-corrected chi connectivity index (χ4v) is 2.00. The summed E-state index contributed by atoms with van der Waals surface area (Å²) in [6.45, 7) is 4.64. The van der Waals surface area contributed by atoms with Gasteiger partial charge in [0.2, 0.25) is 11.8 Å². The van der Waals surface area contributed by atoms with Crippen LogP contribution < -0.4 is 15.4 Å². The van der Waals surface area contributed by atoms with Gasteiger partial charge in [-0.25, -0.2) is 0 Å². The van der Waals surface area contributed by atoms with Crippen molar-refractivity contribution in [3.05, 3.63) is 23.8 Å². The zero-order valence-electron chi connectivity index (χ0n) is 11.9. The fourth-order valence-electron chi connectivity index (χ4n) is 2.00. The first-order chi connectivity index (χ1) is 9.56. The maximum atomic E-state index is 11.4. The summed E-state index contributed by atoms with van der Waals surface area (Å²) in [6, 6.07) is 5.63. The van der Waals surface area contributed by atoms with Gasteiger partial charge in [-0.3, -0.25) is 9.59 Å². The quantitative estimate of drug-likeness (QED) is 0.805. The van der Waals surface area contributed by atoms with E-state index in [1.165, 1.54) is 0 Å². The van der Waals surface area contributed by atoms with Crippen LogP contribution in [-0.2, 0) is 16.0 Å². The lowest BCUT2D eigenvalue weighted by atomic mass is 10.0. The molecule has 0 fully saturated rings. The van der Waals surface area contributed by atoms with Crippen LogP contribution in [0.3, 0.4) is 0 Å². The summed E-state index contributed by atoms with van der Waals surface area (Å²) in [7, 11) is 0. The second-order valence-corrected chi connectivity index (χ2v) is 5.16. The van der Waals surface area contributed by atoms with E-state index < -0.39 is 0 Å². The van der Waals surface area contributed by atoms with Crippen molar-refractivity contribution in [1.29, 1.82) is 0 Å². The van der Waals surface area contributed by atoms with Gasteiger partial charge in [-0.15, -0.1) is 0 Å². The molecule has 5 nitrogen and oxygen atoms in total. The molecule has 1 heterocycles. The number of carbonyl (C=O) groups is 2. The van der Waals surface area contributed by atoms with E-state index in [1.54, 1.807) is 0 Å². The Morgan fingerprint density at radius 1 is 1.40 bits per heavy atom. The first-order valence-corrected chi connectivity index (χ1v) is 6.89. The second-order valence-electron chi connectivity index (χ2n) is 5.16. The molecule has 2 N–H and O–H groups in total. The van der Waals surface area contributed by atoms with Crippen molar-refractivity contribution in [3.63, 3.8) is 0 Å². The number of aryl methyl sites for hydroxylation is 1. The van der Waals surface area contributed by atoms with E-state index in [4.69, 9.17) is 4.74 Å². The number of anilines is 1. The SMILES string of the molecule is CC(C)C(=O)NCCOc1ccc2c(c1)CCC(=O)N2. The number of fused-ring (bicyclic) bond motifs is 1. The molecule has 0 spiro atoms. The van der Waals surface area contributed by atoms with Crippen molar-refractivity contribution in [1.82, 2.24) is 5.32 Å². The largest absolute Gasteiger partial charge is 0.492 e. The third-order valence-corrected chi connectivity index (χ3v) is 3.17. The Kier molecular flexibility index (Phi) is 4.61. The van der Waals surface area contributed by atoms with E-state index in [-0.39, 0.29) is 17.7 Å². The molecule has 20 heavy (non-hydrogen) atoms. The molecule has 1 aliphatic heterocycles. The van der Waals surface area contributed by atoms with Gasteiger partial charge in [0.05, 0.1) is 6.54 Å². The molecule has 0 radical (unpaired) electrons. The fraction of sp³-hybridized carbons (Fsp3) is 0.467. The minimum absolute atomic E-state index is 0.0117. The van der Waals surface area contributed by atoms with Crippen molar-refractivity contribution in [3.8, 4) is 5.75 Å². The Balaban J connectivity index is 1.82. The van der Waals surface area contributed by atoms with Gasteiger partial charge in [-0.1, -0.05) is 13.8 Å². The predicted molar refractivity (Wildman–Crippen MR) is 76.7 cm³/mol. The zero-order chi connectivity index (χ0) is 14.5. The summed E-state index contributed by atoms with van der Waals surface area (Å²) < 4.78 is 5.60. The molecule has 0 aliphatic carbocycles. The van der Waals surface area contributed by atoms with Gasteiger partial charge >= 0.3 is 0 Å². The van der Waals surface area contributed by atoms with Crippen LogP contribution in [-0.4, -0.2) is 25.0 Å². The van der Waals surface area contributed by atoms with Gasteiger partial charge in [0, 0.05) is 18.0 Å². The summed E-state index contributed by atoms with van der Waals surface area (Å²) in [5, 5.41) is 5.63. The minimum Gasteiger partial charge on any atom is -0.492 e. The van der Waals surface area contributed by atoms with E-state index >= 15 is 0 Å². The summed E-state index contributed by atoms with van der Waals surface area (Å²) in [6.07, 6.45) is 1.25. The molecule has 2 amide bonds. The van der Waals surface area contributed by atoms with Crippen molar-refractivity contribution < 1.29 is 14.3 Å². The molecule has 1 aromatic carbocycles. The number of benzene rings is 1. The first kappa shape index (κ1) is 14.4. The number of rotatable bonds is 5. The van der Waals surface area contributed by atoms with Crippen LogP contribution in [0.4, 0.5) is 5.69 Å². The van der Waals surface area contributed by atoms with Gasteiger partial charge < -0.3 is 15.4 Å². The Bertz CT molecular complexity index is 512. The Labute approximate surface area is 118 Å². The average Bonchev–Trinajstić information content (AvgIpc) is 2.43. The lowest BCUT2D eigenvalue weighted by Gasteiger charge is -2.17. The smallest absolute Gasteiger partial charge is 0.224 e. The van der Waals surface area contributed by atoms with Crippen molar-refractivity contribution >= 4 is 17.5 Å². The lowest BCUT2D eigenvalue weighted by molar-refractivity contribution is -0.124. The standard InChI is InChI=1S/C15H20N2O3/c1-10(2)15(19)16-7-8-20-12-4-5-13-11(9-12)3-6-14(18)17-13/h4-5,9-10H,3,6-8H2,1-2H3,(H,16,19)(H,17,18). The van der Waals surface area contributed by atoms with Crippen molar-refractivity contribution in [2.24, 2.45) is 5.92 Å². The number of nitrogens with one attached hydrogen (secondary N) is 2. The predicted octanol–water partition coefficient (Wildman–Crippen LogP) is 1.72. The van der Waals surface area contributed by atoms with Gasteiger partial charge in [0.1, 0.15) is 12.4 Å². The molecule has 0 bridgehead atoms. The van der Waals surface area contributed by atoms with Crippen molar-refractivity contribution in [2.45, 2.75) is 26.7 Å². The molecule has 5 heteroatoms. The topological polar surface area (TPSA) is 67.4 Å². The second kappa shape index (κ2) is 6.41. The number of hydrogen-bond donors (Lipinski definition) is 2. The first-order valence-electron chi connectivity index (χ1n) is 6.89. The molecular weight excluding hydrogens is 256 g/mol. The van der Waals surface area contributed by atoms with Crippen LogP contribution in [0.15, 0.2) is 18.2 Å². The van der Waals surface area contributed by atoms with Gasteiger partial charge in [-0.05, 0) is 30.2 Å². The normalized spacial score (nSPS) is 13.7. The average molecular weight is 276 g/mol. The van der Waals surface area contributed by atoms with Gasteiger partial charge in [0.15, 0.2) is 0 Å². The summed E-state index contributed by atoms with van der Waals surface area (Å²) in [5.74, 6) is 0.838. The highest BCUT2D eigenvalue weighted by molar-refractivity contribution is 5.94. The molecule has 0 unspecified atom stereocenters. The molecule has 0 atom stereocenters. The van der Waals surface area contributed by atoms with Crippen LogP contribution in [0, 0.1) is 5.92 Å². The molecule has 0 saturated heterocycles. The third-order valence-electron chi connectivity index (χ3n) is 3.17. The molecule has 0 aromatic heterocycles. The Morgan fingerprint density at radius 3 is 2.95 bits per heavy atom. The van der Waals surface area contributed by atoms with E-state index in [1.807, 2.05) is 32.0 Å². The van der Waals surface area contributed by atoms with E-state index in [0.717, 1.165) is 23.4 Å². The summed E-state index contributed by atoms with van der Waals surface area (Å²) >= 11 is 0. The number of amides is 2. The third kappa shape index (κ3) is 3.73. The lowest BCUT2D eigenvalue weighted by Crippen LogP contribution is -2.31. The molecule has 1 aromatic rings. The highest BCUT2D eigenvalue weighted by atomic mass is 16.5. The molecule has 2 rings (SSSR count). The summed E-state index contributed by atoms with van der Waals surface area (Å²) in [5.41, 5.74) is 1.95. The van der Waals surface area contributed by atoms with Crippen LogP contribution in [0.25, 0.3) is 0 Å². The zero-order valence-corrected chi connectivity index (χ0v) is 11.9. The van der Waals surface area contributed by atoms with Crippen LogP contribution in [0.2, 0.25) is 0 Å².